The van der Waals surface area contributed by atoms with Crippen LogP contribution < -0.4 is 0 Å². The van der Waals surface area contributed by atoms with Crippen molar-refractivity contribution in [3.63, 3.8) is 0 Å². The summed E-state index contributed by atoms with van der Waals surface area (Å²) in [4.78, 5) is 0. The van der Waals surface area contributed by atoms with Crippen LogP contribution in [-0.4, -0.2) is 33.1 Å². The molecule has 1 unspecified atom stereocenters. The van der Waals surface area contributed by atoms with E-state index in [0.717, 1.165) is 6.42 Å². The predicted molar refractivity (Wildman–Crippen MR) is 54.2 cm³/mol. The monoisotopic (exact) mass is 209 g/mol. The molecule has 80 valence electrons. The van der Waals surface area contributed by atoms with Crippen LogP contribution in [0.5, 0.6) is 0 Å². The van der Waals surface area contributed by atoms with Crippen LogP contribution in [0.4, 0.5) is 0 Å². The minimum Gasteiger partial charge on any atom is -0.396 e. The summed E-state index contributed by atoms with van der Waals surface area (Å²) in [5.41, 5.74) is -0.519. The molecule has 0 spiro atoms. The standard InChI is InChI=1S/C9H19NO2.ClH/c1-8(2)5-7(6-11)9(3,4)10(8)12;/h7,11-12H,5-6H2,1-4H3;1H. The molecular weight excluding hydrogens is 190 g/mol. The fourth-order valence-electron chi connectivity index (χ4n) is 2.18. The Bertz CT molecular complexity index is 182. The van der Waals surface area contributed by atoms with Crippen molar-refractivity contribution in [3.8, 4) is 0 Å². The van der Waals surface area contributed by atoms with Gasteiger partial charge >= 0.3 is 0 Å². The molecule has 1 rings (SSSR count). The van der Waals surface area contributed by atoms with E-state index in [-0.39, 0.29) is 36.0 Å². The van der Waals surface area contributed by atoms with Crippen molar-refractivity contribution in [1.82, 2.24) is 5.06 Å². The van der Waals surface area contributed by atoms with Gasteiger partial charge in [0.15, 0.2) is 0 Å². The average molecular weight is 210 g/mol. The predicted octanol–water partition coefficient (Wildman–Crippen LogP) is 1.67. The number of rotatable bonds is 1. The molecule has 1 saturated heterocycles. The Kier molecular flexibility index (Phi) is 3.78. The van der Waals surface area contributed by atoms with Crippen molar-refractivity contribution in [2.45, 2.75) is 45.2 Å². The van der Waals surface area contributed by atoms with Gasteiger partial charge in [-0.25, -0.2) is 0 Å². The molecule has 1 heterocycles. The van der Waals surface area contributed by atoms with Gasteiger partial charge in [-0.2, -0.15) is 5.06 Å². The highest BCUT2D eigenvalue weighted by Crippen LogP contribution is 2.42. The van der Waals surface area contributed by atoms with Gasteiger partial charge in [0.2, 0.25) is 0 Å². The van der Waals surface area contributed by atoms with Crippen LogP contribution in [0.2, 0.25) is 0 Å². The smallest absolute Gasteiger partial charge is 0.0478 e. The first-order chi connectivity index (χ1) is 5.32. The molecule has 3 nitrogen and oxygen atoms in total. The third kappa shape index (κ3) is 1.99. The van der Waals surface area contributed by atoms with E-state index < -0.39 is 0 Å². The summed E-state index contributed by atoms with van der Waals surface area (Å²) in [5.74, 6) is 0.164. The van der Waals surface area contributed by atoms with Crippen molar-refractivity contribution >= 4 is 12.4 Å². The first-order valence-electron chi connectivity index (χ1n) is 4.42. The summed E-state index contributed by atoms with van der Waals surface area (Å²) in [6.45, 7) is 8.05. The lowest BCUT2D eigenvalue weighted by Crippen LogP contribution is -2.47. The fourth-order valence-corrected chi connectivity index (χ4v) is 2.18. The van der Waals surface area contributed by atoms with Gasteiger partial charge in [-0.15, -0.1) is 12.4 Å². The SMILES string of the molecule is CC1(C)CC(CO)C(C)(C)N1O.Cl. The maximum absolute atomic E-state index is 9.81. The molecule has 0 radical (unpaired) electrons. The third-order valence-electron chi connectivity index (χ3n) is 3.08. The Morgan fingerprint density at radius 2 is 1.77 bits per heavy atom. The molecule has 0 amide bonds. The van der Waals surface area contributed by atoms with Crippen molar-refractivity contribution in [1.29, 1.82) is 0 Å². The zero-order chi connectivity index (χ0) is 9.57. The third-order valence-corrected chi connectivity index (χ3v) is 3.08. The van der Waals surface area contributed by atoms with E-state index in [0.29, 0.717) is 0 Å². The topological polar surface area (TPSA) is 43.7 Å². The second-order valence-electron chi connectivity index (χ2n) is 4.86. The van der Waals surface area contributed by atoms with E-state index in [1.165, 1.54) is 5.06 Å². The van der Waals surface area contributed by atoms with Gasteiger partial charge in [0.1, 0.15) is 0 Å². The normalized spacial score (nSPS) is 31.4. The van der Waals surface area contributed by atoms with Crippen LogP contribution in [-0.2, 0) is 0 Å². The van der Waals surface area contributed by atoms with Crippen LogP contribution in [0.1, 0.15) is 34.1 Å². The maximum Gasteiger partial charge on any atom is 0.0478 e. The Morgan fingerprint density at radius 1 is 1.31 bits per heavy atom. The summed E-state index contributed by atoms with van der Waals surface area (Å²) in [6.07, 6.45) is 0.840. The lowest BCUT2D eigenvalue weighted by Gasteiger charge is -2.35. The van der Waals surface area contributed by atoms with Crippen LogP contribution in [0.15, 0.2) is 0 Å². The zero-order valence-electron chi connectivity index (χ0n) is 8.74. The molecule has 4 heteroatoms. The van der Waals surface area contributed by atoms with Crippen LogP contribution in [0.3, 0.4) is 0 Å². The van der Waals surface area contributed by atoms with Gasteiger partial charge in [0.25, 0.3) is 0 Å². The second-order valence-corrected chi connectivity index (χ2v) is 4.86. The molecule has 0 aliphatic carbocycles. The minimum absolute atomic E-state index is 0. The fraction of sp³-hybridized carbons (Fsp3) is 1.00. The van der Waals surface area contributed by atoms with E-state index in [2.05, 4.69) is 0 Å². The summed E-state index contributed by atoms with van der Waals surface area (Å²) in [6, 6.07) is 0. The highest BCUT2D eigenvalue weighted by molar-refractivity contribution is 5.85. The number of aliphatic hydroxyl groups is 1. The Labute approximate surface area is 86.1 Å². The summed E-state index contributed by atoms with van der Waals surface area (Å²) < 4.78 is 0. The summed E-state index contributed by atoms with van der Waals surface area (Å²) in [5, 5.41) is 20.3. The highest BCUT2D eigenvalue weighted by atomic mass is 35.5. The van der Waals surface area contributed by atoms with Gasteiger partial charge in [-0.3, -0.25) is 0 Å². The van der Waals surface area contributed by atoms with Gasteiger partial charge in [-0.1, -0.05) is 0 Å². The Hall–Kier alpha value is 0.170. The van der Waals surface area contributed by atoms with Gasteiger partial charge in [0.05, 0.1) is 0 Å². The zero-order valence-corrected chi connectivity index (χ0v) is 9.56. The largest absolute Gasteiger partial charge is 0.396 e. The minimum atomic E-state index is -0.307. The highest BCUT2D eigenvalue weighted by Gasteiger charge is 2.50. The molecule has 13 heavy (non-hydrogen) atoms. The number of hydrogen-bond acceptors (Lipinski definition) is 3. The summed E-state index contributed by atoms with van der Waals surface area (Å²) in [7, 11) is 0. The molecule has 0 aromatic rings. The van der Waals surface area contributed by atoms with Gasteiger partial charge in [0, 0.05) is 23.6 Å². The van der Waals surface area contributed by atoms with E-state index in [9.17, 15) is 5.21 Å². The van der Waals surface area contributed by atoms with E-state index >= 15 is 0 Å². The molecule has 0 aromatic heterocycles. The van der Waals surface area contributed by atoms with E-state index in [1.807, 2.05) is 27.7 Å². The summed E-state index contributed by atoms with van der Waals surface area (Å²) >= 11 is 0. The van der Waals surface area contributed by atoms with Gasteiger partial charge < -0.3 is 10.3 Å². The second kappa shape index (κ2) is 3.73. The van der Waals surface area contributed by atoms with Crippen molar-refractivity contribution < 1.29 is 10.3 Å². The molecule has 0 bridgehead atoms. The number of hydroxylamine groups is 2. The molecule has 2 N–H and O–H groups in total. The van der Waals surface area contributed by atoms with Gasteiger partial charge in [-0.05, 0) is 34.1 Å². The lowest BCUT2D eigenvalue weighted by molar-refractivity contribution is -0.197. The average Bonchev–Trinajstić information content (AvgIpc) is 2.11. The maximum atomic E-state index is 9.81. The first kappa shape index (κ1) is 13.2. The molecule has 1 aliphatic rings. The van der Waals surface area contributed by atoms with Crippen molar-refractivity contribution in [2.24, 2.45) is 5.92 Å². The molecular formula is C9H20ClNO2. The quantitative estimate of drug-likeness (QED) is 0.691. The lowest BCUT2D eigenvalue weighted by atomic mass is 9.88. The molecule has 0 saturated carbocycles. The van der Waals surface area contributed by atoms with Crippen LogP contribution in [0, 0.1) is 5.92 Å². The number of nitrogens with zero attached hydrogens (tertiary/aromatic N) is 1. The molecule has 1 aliphatic heterocycles. The van der Waals surface area contributed by atoms with E-state index in [4.69, 9.17) is 5.11 Å². The van der Waals surface area contributed by atoms with Crippen molar-refractivity contribution in [3.05, 3.63) is 0 Å². The van der Waals surface area contributed by atoms with Crippen LogP contribution in [0.25, 0.3) is 0 Å². The van der Waals surface area contributed by atoms with E-state index in [1.54, 1.807) is 0 Å². The van der Waals surface area contributed by atoms with Crippen LogP contribution >= 0.6 is 12.4 Å². The number of hydrogen-bond donors (Lipinski definition) is 2. The first-order valence-corrected chi connectivity index (χ1v) is 4.42. The molecule has 1 fully saturated rings. The Balaban J connectivity index is 0.00000144. The molecule has 0 aromatic carbocycles. The molecule has 1 atom stereocenters. The van der Waals surface area contributed by atoms with Crippen molar-refractivity contribution in [2.75, 3.05) is 6.61 Å². The number of halogens is 1. The number of aliphatic hydroxyl groups excluding tert-OH is 1. The Morgan fingerprint density at radius 3 is 1.92 bits per heavy atom.